The molecule has 120 valence electrons. The fraction of sp³-hybridized carbons (Fsp3) is 0.125. The van der Waals surface area contributed by atoms with Crippen LogP contribution in [0.15, 0.2) is 65.6 Å². The van der Waals surface area contributed by atoms with E-state index in [4.69, 9.17) is 4.74 Å². The Morgan fingerprint density at radius 1 is 0.913 bits per heavy atom. The lowest BCUT2D eigenvalue weighted by Crippen LogP contribution is -2.31. The summed E-state index contributed by atoms with van der Waals surface area (Å²) in [7, 11) is -3.78. The van der Waals surface area contributed by atoms with Crippen molar-refractivity contribution in [3.8, 4) is 0 Å². The molecule has 0 fully saturated rings. The summed E-state index contributed by atoms with van der Waals surface area (Å²) in [6, 6.07) is 16.0. The molecule has 0 atom stereocenters. The average Bonchev–Trinajstić information content (AvgIpc) is 2.59. The van der Waals surface area contributed by atoms with E-state index in [1.165, 1.54) is 12.1 Å². The minimum absolute atomic E-state index is 0.0492. The van der Waals surface area contributed by atoms with Crippen molar-refractivity contribution < 1.29 is 22.7 Å². The molecule has 0 bridgehead atoms. The highest BCUT2D eigenvalue weighted by molar-refractivity contribution is 7.89. The number of benzene rings is 2. The largest absolute Gasteiger partial charge is 0.456 e. The Labute approximate surface area is 134 Å². The summed E-state index contributed by atoms with van der Waals surface area (Å²) < 4.78 is 30.7. The standard InChI is InChI=1S/C16H15NO5S/c18-15(13-7-3-1-4-8-13)12-22-16(19)11-17-23(20,21)14-9-5-2-6-10-14/h1-10,17H,11-12H2. The number of nitrogens with one attached hydrogen (secondary N) is 1. The molecule has 1 N–H and O–H groups in total. The maximum Gasteiger partial charge on any atom is 0.321 e. The second-order valence-electron chi connectivity index (χ2n) is 4.59. The van der Waals surface area contributed by atoms with Gasteiger partial charge in [0.2, 0.25) is 10.0 Å². The van der Waals surface area contributed by atoms with E-state index < -0.39 is 29.1 Å². The van der Waals surface area contributed by atoms with Crippen LogP contribution in [-0.4, -0.2) is 33.3 Å². The third kappa shape index (κ3) is 5.01. The lowest BCUT2D eigenvalue weighted by atomic mass is 10.1. The number of hydrogen-bond acceptors (Lipinski definition) is 5. The fourth-order valence-corrected chi connectivity index (χ4v) is 2.73. The first-order valence-electron chi connectivity index (χ1n) is 6.77. The average molecular weight is 333 g/mol. The molecule has 2 aromatic rings. The van der Waals surface area contributed by atoms with E-state index in [-0.39, 0.29) is 10.7 Å². The number of carbonyl (C=O) groups excluding carboxylic acids is 2. The zero-order valence-corrected chi connectivity index (χ0v) is 13.0. The zero-order valence-electron chi connectivity index (χ0n) is 12.1. The van der Waals surface area contributed by atoms with Gasteiger partial charge in [-0.25, -0.2) is 8.42 Å². The summed E-state index contributed by atoms with van der Waals surface area (Å²) in [5.41, 5.74) is 0.421. The monoisotopic (exact) mass is 333 g/mol. The van der Waals surface area contributed by atoms with Crippen LogP contribution in [0, 0.1) is 0 Å². The van der Waals surface area contributed by atoms with Crippen molar-refractivity contribution in [3.05, 3.63) is 66.2 Å². The number of rotatable bonds is 7. The van der Waals surface area contributed by atoms with Gasteiger partial charge in [0.25, 0.3) is 0 Å². The first-order chi connectivity index (χ1) is 11.0. The molecule has 2 aromatic carbocycles. The van der Waals surface area contributed by atoms with E-state index in [1.807, 2.05) is 0 Å². The van der Waals surface area contributed by atoms with Crippen LogP contribution in [0.3, 0.4) is 0 Å². The van der Waals surface area contributed by atoms with Crippen molar-refractivity contribution in [2.75, 3.05) is 13.2 Å². The molecule has 0 aliphatic carbocycles. The second kappa shape index (κ2) is 7.66. The van der Waals surface area contributed by atoms with Crippen LogP contribution in [0.1, 0.15) is 10.4 Å². The van der Waals surface area contributed by atoms with E-state index in [0.717, 1.165) is 0 Å². The molecule has 2 rings (SSSR count). The van der Waals surface area contributed by atoms with Gasteiger partial charge in [0, 0.05) is 5.56 Å². The molecule has 6 nitrogen and oxygen atoms in total. The van der Waals surface area contributed by atoms with Gasteiger partial charge in [0.05, 0.1) is 4.90 Å². The lowest BCUT2D eigenvalue weighted by Gasteiger charge is -2.07. The van der Waals surface area contributed by atoms with Gasteiger partial charge in [-0.1, -0.05) is 48.5 Å². The van der Waals surface area contributed by atoms with Crippen molar-refractivity contribution in [3.63, 3.8) is 0 Å². The molecule has 0 aromatic heterocycles. The third-order valence-electron chi connectivity index (χ3n) is 2.92. The molecule has 23 heavy (non-hydrogen) atoms. The predicted octanol–water partition coefficient (Wildman–Crippen LogP) is 1.39. The number of ketones is 1. The molecule has 0 spiro atoms. The summed E-state index contributed by atoms with van der Waals surface area (Å²) in [6.45, 7) is -0.977. The second-order valence-corrected chi connectivity index (χ2v) is 6.35. The van der Waals surface area contributed by atoms with Gasteiger partial charge in [-0.15, -0.1) is 0 Å². The van der Waals surface area contributed by atoms with Crippen LogP contribution in [-0.2, 0) is 19.6 Å². The summed E-state index contributed by atoms with van der Waals surface area (Å²) in [6.07, 6.45) is 0. The maximum atomic E-state index is 11.9. The lowest BCUT2D eigenvalue weighted by molar-refractivity contribution is -0.141. The number of Topliss-reactive ketones (excluding diaryl/α,β-unsaturated/α-hetero) is 1. The Bertz CT molecular complexity index is 773. The van der Waals surface area contributed by atoms with Crippen LogP contribution in [0.2, 0.25) is 0 Å². The van der Waals surface area contributed by atoms with Gasteiger partial charge in [0.1, 0.15) is 6.54 Å². The first kappa shape index (κ1) is 16.9. The Morgan fingerprint density at radius 2 is 1.48 bits per heavy atom. The van der Waals surface area contributed by atoms with Crippen LogP contribution in [0.4, 0.5) is 0 Å². The van der Waals surface area contributed by atoms with Crippen LogP contribution >= 0.6 is 0 Å². The van der Waals surface area contributed by atoms with E-state index in [2.05, 4.69) is 4.72 Å². The summed E-state index contributed by atoms with van der Waals surface area (Å²) in [5.74, 6) is -1.18. The van der Waals surface area contributed by atoms with E-state index in [1.54, 1.807) is 48.5 Å². The number of esters is 1. The Kier molecular flexibility index (Phi) is 5.61. The van der Waals surface area contributed by atoms with Crippen LogP contribution in [0.5, 0.6) is 0 Å². The van der Waals surface area contributed by atoms with E-state index >= 15 is 0 Å². The number of sulfonamides is 1. The summed E-state index contributed by atoms with van der Waals surface area (Å²) >= 11 is 0. The first-order valence-corrected chi connectivity index (χ1v) is 8.26. The topological polar surface area (TPSA) is 89.5 Å². The van der Waals surface area contributed by atoms with Crippen LogP contribution < -0.4 is 4.72 Å². The molecular formula is C16H15NO5S. The molecule has 0 aliphatic rings. The molecule has 0 aliphatic heterocycles. The molecule has 0 unspecified atom stereocenters. The van der Waals surface area contributed by atoms with Gasteiger partial charge in [-0.3, -0.25) is 9.59 Å². The number of ether oxygens (including phenoxy) is 1. The SMILES string of the molecule is O=C(CNS(=O)(=O)c1ccccc1)OCC(=O)c1ccccc1. The molecule has 0 radical (unpaired) electrons. The van der Waals surface area contributed by atoms with Crippen molar-refractivity contribution in [2.45, 2.75) is 4.90 Å². The Balaban J connectivity index is 1.83. The van der Waals surface area contributed by atoms with Gasteiger partial charge in [0.15, 0.2) is 12.4 Å². The van der Waals surface area contributed by atoms with Crippen molar-refractivity contribution in [1.29, 1.82) is 0 Å². The normalized spacial score (nSPS) is 11.0. The Morgan fingerprint density at radius 3 is 2.09 bits per heavy atom. The fourth-order valence-electron chi connectivity index (χ4n) is 1.74. The zero-order chi connectivity index (χ0) is 16.7. The molecule has 0 saturated carbocycles. The summed E-state index contributed by atoms with van der Waals surface area (Å²) in [4.78, 5) is 23.4. The smallest absolute Gasteiger partial charge is 0.321 e. The number of carbonyl (C=O) groups is 2. The third-order valence-corrected chi connectivity index (χ3v) is 4.34. The van der Waals surface area contributed by atoms with Crippen molar-refractivity contribution in [1.82, 2.24) is 4.72 Å². The highest BCUT2D eigenvalue weighted by Gasteiger charge is 2.16. The van der Waals surface area contributed by atoms with Crippen molar-refractivity contribution >= 4 is 21.8 Å². The minimum Gasteiger partial charge on any atom is -0.456 e. The van der Waals surface area contributed by atoms with E-state index in [9.17, 15) is 18.0 Å². The molecule has 0 amide bonds. The minimum atomic E-state index is -3.78. The maximum absolute atomic E-state index is 11.9. The molecular weight excluding hydrogens is 318 g/mol. The van der Waals surface area contributed by atoms with Crippen molar-refractivity contribution in [2.24, 2.45) is 0 Å². The summed E-state index contributed by atoms with van der Waals surface area (Å²) in [5, 5.41) is 0. The Hall–Kier alpha value is -2.51. The molecule has 0 saturated heterocycles. The quantitative estimate of drug-likeness (QED) is 0.611. The van der Waals surface area contributed by atoms with Gasteiger partial charge < -0.3 is 4.74 Å². The molecule has 7 heteroatoms. The highest BCUT2D eigenvalue weighted by atomic mass is 32.2. The van der Waals surface area contributed by atoms with Gasteiger partial charge in [-0.05, 0) is 12.1 Å². The predicted molar refractivity (Wildman–Crippen MR) is 83.4 cm³/mol. The van der Waals surface area contributed by atoms with E-state index in [0.29, 0.717) is 5.56 Å². The molecule has 0 heterocycles. The number of hydrogen-bond donors (Lipinski definition) is 1. The van der Waals surface area contributed by atoms with Crippen LogP contribution in [0.25, 0.3) is 0 Å². The highest BCUT2D eigenvalue weighted by Crippen LogP contribution is 2.06. The van der Waals surface area contributed by atoms with Gasteiger partial charge >= 0.3 is 5.97 Å². The van der Waals surface area contributed by atoms with Gasteiger partial charge in [-0.2, -0.15) is 4.72 Å².